The van der Waals surface area contributed by atoms with Gasteiger partial charge in [-0.2, -0.15) is 23.1 Å². The van der Waals surface area contributed by atoms with Crippen LogP contribution >= 0.6 is 0 Å². The molecule has 2 amide bonds. The highest BCUT2D eigenvalue weighted by Crippen LogP contribution is 2.41. The molecule has 0 bridgehead atoms. The van der Waals surface area contributed by atoms with Gasteiger partial charge in [0.1, 0.15) is 18.3 Å². The minimum absolute atomic E-state index is 0.101. The van der Waals surface area contributed by atoms with E-state index >= 15 is 0 Å². The van der Waals surface area contributed by atoms with Gasteiger partial charge < -0.3 is 45.2 Å². The molecular formula is C39H43F3N10O7. The number of aliphatic hydroxyl groups excluding tert-OH is 2. The number of carbonyl (C=O) groups excluding carboxylic acids is 2. The molecule has 3 aliphatic rings. The maximum atomic E-state index is 13.4. The molecule has 5 aromatic rings. The molecule has 1 unspecified atom stereocenters. The molecule has 6 heterocycles. The third-order valence-corrected chi connectivity index (χ3v) is 10.8. The fraction of sp³-hybridized carbons (Fsp3) is 0.436. The summed E-state index contributed by atoms with van der Waals surface area (Å²) in [6, 6.07) is 19.1. The number of halogens is 3. The lowest BCUT2D eigenvalue weighted by Crippen LogP contribution is -2.52. The quantitative estimate of drug-likeness (QED) is 0.121. The first kappa shape index (κ1) is 40.0. The van der Waals surface area contributed by atoms with E-state index in [-0.39, 0.29) is 48.8 Å². The number of aryl methyl sites for hydroxylation is 1. The summed E-state index contributed by atoms with van der Waals surface area (Å²) in [5.74, 6) is -2.03. The molecule has 8 rings (SSSR count). The second kappa shape index (κ2) is 16.8. The van der Waals surface area contributed by atoms with E-state index in [2.05, 4.69) is 26.1 Å². The second-order valence-corrected chi connectivity index (χ2v) is 14.7. The normalized spacial score (nSPS) is 23.3. The highest BCUT2D eigenvalue weighted by molar-refractivity contribution is 5.85. The van der Waals surface area contributed by atoms with E-state index in [4.69, 9.17) is 24.1 Å². The van der Waals surface area contributed by atoms with Crippen molar-refractivity contribution >= 4 is 34.9 Å². The van der Waals surface area contributed by atoms with Gasteiger partial charge in [0.2, 0.25) is 5.95 Å². The van der Waals surface area contributed by atoms with E-state index in [0.29, 0.717) is 54.6 Å². The molecule has 0 aliphatic carbocycles. The number of nitrogens with zero attached hydrogens (tertiary/aromatic N) is 7. The molecule has 2 aromatic carbocycles. The fourth-order valence-corrected chi connectivity index (χ4v) is 7.66. The standard InChI is InChI=1S/C39H43F3N10O7/c1-2-24-17-28(58-49-24)32-30(53)31(54)35(57-32)51-21-45-29-33(44-19-27(22-9-5-3-6-10-22)23-11-7-4-8-12-23)47-37(48-34(29)51)50-16-14-26(20-50)52(59-36(55)39(40,41)42)38(56)46-25-13-15-43-18-25/h3-12,17,21,25-27,30-32,35,43,53-54H,2,13-16,18-20H2,1H3,(H,46,56)(H,44,47,48)/t25?,26-,30+,31+,32-,35-/m1/s1. The van der Waals surface area contributed by atoms with E-state index < -0.39 is 48.8 Å². The number of aliphatic hydroxyl groups is 2. The van der Waals surface area contributed by atoms with Crippen molar-refractivity contribution in [1.29, 1.82) is 0 Å². The highest BCUT2D eigenvalue weighted by atomic mass is 19.4. The topological polar surface area (TPSA) is 205 Å². The van der Waals surface area contributed by atoms with Gasteiger partial charge in [-0.15, -0.1) is 5.06 Å². The molecule has 3 aliphatic heterocycles. The lowest BCUT2D eigenvalue weighted by molar-refractivity contribution is -0.232. The molecule has 3 aromatic heterocycles. The largest absolute Gasteiger partial charge is 0.493 e. The molecular weight excluding hydrogens is 777 g/mol. The first-order chi connectivity index (χ1) is 28.5. The van der Waals surface area contributed by atoms with Crippen molar-refractivity contribution in [3.8, 4) is 0 Å². The summed E-state index contributed by atoms with van der Waals surface area (Å²) in [5.41, 5.74) is 3.21. The monoisotopic (exact) mass is 820 g/mol. The molecule has 5 N–H and O–H groups in total. The van der Waals surface area contributed by atoms with Crippen LogP contribution in [-0.2, 0) is 20.8 Å². The first-order valence-electron chi connectivity index (χ1n) is 19.4. The lowest BCUT2D eigenvalue weighted by Gasteiger charge is -2.28. The van der Waals surface area contributed by atoms with Gasteiger partial charge in [-0.1, -0.05) is 72.7 Å². The molecule has 20 heteroatoms. The van der Waals surface area contributed by atoms with Gasteiger partial charge in [-0.3, -0.25) is 4.57 Å². The zero-order valence-corrected chi connectivity index (χ0v) is 31.8. The Kier molecular flexibility index (Phi) is 11.4. The maximum absolute atomic E-state index is 13.4. The molecule has 6 atom stereocenters. The van der Waals surface area contributed by atoms with Crippen LogP contribution in [0.3, 0.4) is 0 Å². The van der Waals surface area contributed by atoms with Crippen molar-refractivity contribution in [2.45, 2.75) is 74.9 Å². The van der Waals surface area contributed by atoms with Crippen LogP contribution in [0, 0.1) is 0 Å². The molecule has 0 spiro atoms. The summed E-state index contributed by atoms with van der Waals surface area (Å²) in [5, 5.41) is 36.0. The number of nitrogens with one attached hydrogen (secondary N) is 3. The number of benzene rings is 2. The number of imidazole rings is 1. The Morgan fingerprint density at radius 3 is 2.42 bits per heavy atom. The van der Waals surface area contributed by atoms with Gasteiger partial charge in [-0.25, -0.2) is 14.6 Å². The summed E-state index contributed by atoms with van der Waals surface area (Å²) >= 11 is 0. The Labute approximate surface area is 335 Å². The number of aromatic nitrogens is 5. The number of ether oxygens (including phenoxy) is 1. The van der Waals surface area contributed by atoms with Crippen LogP contribution in [-0.4, -0.2) is 115 Å². The highest BCUT2D eigenvalue weighted by Gasteiger charge is 2.48. The Morgan fingerprint density at radius 1 is 1.05 bits per heavy atom. The zero-order chi connectivity index (χ0) is 41.3. The van der Waals surface area contributed by atoms with Gasteiger partial charge >= 0.3 is 18.2 Å². The molecule has 17 nitrogen and oxygen atoms in total. The number of hydroxylamine groups is 2. The number of urea groups is 1. The summed E-state index contributed by atoms with van der Waals surface area (Å²) < 4.78 is 53.4. The Bertz CT molecular complexity index is 2200. The van der Waals surface area contributed by atoms with Crippen LogP contribution in [0.5, 0.6) is 0 Å². The van der Waals surface area contributed by atoms with Crippen LogP contribution < -0.4 is 20.9 Å². The van der Waals surface area contributed by atoms with Crippen molar-refractivity contribution in [1.82, 2.24) is 40.4 Å². The van der Waals surface area contributed by atoms with E-state index in [1.165, 1.54) is 10.9 Å². The van der Waals surface area contributed by atoms with Crippen molar-refractivity contribution in [2.24, 2.45) is 0 Å². The maximum Gasteiger partial charge on any atom is 0.493 e. The molecule has 3 saturated heterocycles. The van der Waals surface area contributed by atoms with Crippen LogP contribution in [0.4, 0.5) is 29.7 Å². The number of anilines is 2. The fourth-order valence-electron chi connectivity index (χ4n) is 7.66. The van der Waals surface area contributed by atoms with Gasteiger partial charge in [0.15, 0.2) is 29.0 Å². The SMILES string of the molecule is CCc1cc([C@H]2O[C@@H](n3cnc4c(NCC(c5ccccc5)c5ccccc5)nc(N5CC[C@@H](N(OC(=O)C(F)(F)F)C(=O)NC6CCNC6)C5)nc43)[C@@H](O)[C@@H]2O)on1. The van der Waals surface area contributed by atoms with Gasteiger partial charge in [0.25, 0.3) is 0 Å². The number of hydrogen-bond acceptors (Lipinski definition) is 14. The molecule has 0 radical (unpaired) electrons. The van der Waals surface area contributed by atoms with Crippen molar-refractivity contribution < 1.29 is 47.1 Å². The Morgan fingerprint density at radius 2 is 1.78 bits per heavy atom. The zero-order valence-electron chi connectivity index (χ0n) is 31.8. The van der Waals surface area contributed by atoms with Gasteiger partial charge in [0.05, 0.1) is 18.1 Å². The third-order valence-electron chi connectivity index (χ3n) is 10.8. The average Bonchev–Trinajstić information content (AvgIpc) is 4.10. The van der Waals surface area contributed by atoms with Crippen molar-refractivity contribution in [3.05, 3.63) is 95.6 Å². The number of rotatable bonds is 11. The number of fused-ring (bicyclic) bond motifs is 1. The van der Waals surface area contributed by atoms with E-state index in [1.54, 1.807) is 11.0 Å². The van der Waals surface area contributed by atoms with Gasteiger partial charge in [-0.05, 0) is 36.9 Å². The third kappa shape index (κ3) is 8.38. The van der Waals surface area contributed by atoms with Crippen molar-refractivity contribution in [2.75, 3.05) is 42.9 Å². The van der Waals surface area contributed by atoms with E-state index in [9.17, 15) is 33.0 Å². The Hall–Kier alpha value is -5.83. The molecule has 312 valence electrons. The number of carbonyl (C=O) groups is 2. The average molecular weight is 821 g/mol. The van der Waals surface area contributed by atoms with Crippen LogP contribution in [0.25, 0.3) is 11.2 Å². The predicted molar refractivity (Wildman–Crippen MR) is 204 cm³/mol. The van der Waals surface area contributed by atoms with Gasteiger partial charge in [0, 0.05) is 44.2 Å². The number of amides is 2. The Balaban J connectivity index is 1.13. The molecule has 3 fully saturated rings. The lowest BCUT2D eigenvalue weighted by atomic mass is 9.91. The summed E-state index contributed by atoms with van der Waals surface area (Å²) in [6.07, 6.45) is -7.81. The van der Waals surface area contributed by atoms with Crippen LogP contribution in [0.2, 0.25) is 0 Å². The summed E-state index contributed by atoms with van der Waals surface area (Å²) in [7, 11) is 0. The first-order valence-corrected chi connectivity index (χ1v) is 19.4. The molecule has 0 saturated carbocycles. The number of hydrogen-bond donors (Lipinski definition) is 5. The molecule has 59 heavy (non-hydrogen) atoms. The minimum atomic E-state index is -5.35. The predicted octanol–water partition coefficient (Wildman–Crippen LogP) is 3.59. The van der Waals surface area contributed by atoms with Crippen LogP contribution in [0.15, 0.2) is 77.6 Å². The van der Waals surface area contributed by atoms with Crippen LogP contribution in [0.1, 0.15) is 60.6 Å². The van der Waals surface area contributed by atoms with E-state index in [1.807, 2.05) is 67.6 Å². The minimum Gasteiger partial charge on any atom is -0.387 e. The van der Waals surface area contributed by atoms with E-state index in [0.717, 1.165) is 11.1 Å². The summed E-state index contributed by atoms with van der Waals surface area (Å²) in [4.78, 5) is 46.1. The van der Waals surface area contributed by atoms with Crippen molar-refractivity contribution in [3.63, 3.8) is 0 Å². The summed E-state index contributed by atoms with van der Waals surface area (Å²) in [6.45, 7) is 3.31. The smallest absolute Gasteiger partial charge is 0.387 e. The number of alkyl halides is 3. The second-order valence-electron chi connectivity index (χ2n) is 14.7.